The molecule has 12 heteroatoms. The number of aryl methyl sites for hydroxylation is 2. The van der Waals surface area contributed by atoms with E-state index >= 15 is 0 Å². The van der Waals surface area contributed by atoms with Crippen LogP contribution in [0.2, 0.25) is 0 Å². The largest absolute Gasteiger partial charge is 0.416 e. The van der Waals surface area contributed by atoms with E-state index in [1.807, 2.05) is 20.9 Å². The van der Waals surface area contributed by atoms with Crippen molar-refractivity contribution in [1.82, 2.24) is 24.8 Å². The van der Waals surface area contributed by atoms with Crippen molar-refractivity contribution < 1.29 is 18.0 Å². The minimum Gasteiger partial charge on any atom is -0.370 e. The van der Waals surface area contributed by atoms with Crippen LogP contribution in [0.4, 0.5) is 24.5 Å². The van der Waals surface area contributed by atoms with E-state index in [-0.39, 0.29) is 17.3 Å². The Morgan fingerprint density at radius 3 is 2.61 bits per heavy atom. The monoisotopic (exact) mass is 524 g/mol. The van der Waals surface area contributed by atoms with Gasteiger partial charge in [-0.25, -0.2) is 4.68 Å². The SMILES string of the molecule is Cc1ccc(C(=O)Nc2cc(N3CCC(N)C3)cc(C(F)(F)F)c2)cc1-n1cc(-c2cnn(C)c2C)nn1. The Labute approximate surface area is 217 Å². The van der Waals surface area contributed by atoms with E-state index in [1.54, 1.807) is 50.9 Å². The second-order valence-electron chi connectivity index (χ2n) is 9.53. The van der Waals surface area contributed by atoms with Crippen LogP contribution >= 0.6 is 0 Å². The molecule has 1 fully saturated rings. The number of hydrogen-bond acceptors (Lipinski definition) is 6. The first kappa shape index (κ1) is 25.5. The quantitative estimate of drug-likeness (QED) is 0.407. The molecule has 3 heterocycles. The topological polar surface area (TPSA) is 107 Å². The minimum absolute atomic E-state index is 0.0533. The summed E-state index contributed by atoms with van der Waals surface area (Å²) in [6.45, 7) is 4.80. The van der Waals surface area contributed by atoms with Gasteiger partial charge in [0.05, 0.1) is 23.6 Å². The fraction of sp³-hybridized carbons (Fsp3) is 0.308. The molecule has 0 aliphatic carbocycles. The Balaban J connectivity index is 1.43. The Morgan fingerprint density at radius 2 is 1.95 bits per heavy atom. The Bertz CT molecular complexity index is 1510. The number of halogens is 3. The van der Waals surface area contributed by atoms with Crippen molar-refractivity contribution in [2.75, 3.05) is 23.3 Å². The highest BCUT2D eigenvalue weighted by Gasteiger charge is 2.32. The number of aromatic nitrogens is 5. The van der Waals surface area contributed by atoms with Crippen LogP contribution in [0.25, 0.3) is 16.9 Å². The summed E-state index contributed by atoms with van der Waals surface area (Å²) >= 11 is 0. The van der Waals surface area contributed by atoms with E-state index in [0.717, 1.165) is 29.0 Å². The molecule has 0 bridgehead atoms. The normalized spacial score (nSPS) is 15.8. The average Bonchev–Trinajstić information content (AvgIpc) is 3.60. The standard InChI is InChI=1S/C26H27F3N8O/c1-15-4-5-17(8-24(15)37-14-23(33-34-37)22-12-31-35(3)16(22)2)25(38)32-20-9-18(26(27,28)29)10-21(11-20)36-7-6-19(30)13-36/h4-5,8-12,14,19H,6-7,13,30H2,1-3H3,(H,32,38). The van der Waals surface area contributed by atoms with Gasteiger partial charge in [0, 0.05) is 54.4 Å². The van der Waals surface area contributed by atoms with Crippen molar-refractivity contribution in [2.24, 2.45) is 12.8 Å². The highest BCUT2D eigenvalue weighted by molar-refractivity contribution is 6.05. The zero-order chi connectivity index (χ0) is 27.2. The summed E-state index contributed by atoms with van der Waals surface area (Å²) in [5.41, 5.74) is 9.65. The van der Waals surface area contributed by atoms with Crippen molar-refractivity contribution in [3.8, 4) is 16.9 Å². The first-order valence-electron chi connectivity index (χ1n) is 12.1. The third-order valence-corrected chi connectivity index (χ3v) is 6.82. The zero-order valence-corrected chi connectivity index (χ0v) is 21.1. The van der Waals surface area contributed by atoms with Crippen molar-refractivity contribution in [3.63, 3.8) is 0 Å². The molecule has 1 atom stereocenters. The van der Waals surface area contributed by atoms with E-state index in [1.165, 1.54) is 0 Å². The van der Waals surface area contributed by atoms with Gasteiger partial charge in [0.1, 0.15) is 5.69 Å². The molecular formula is C26H27F3N8O. The van der Waals surface area contributed by atoms with Gasteiger partial charge < -0.3 is 16.0 Å². The number of amides is 1. The second-order valence-corrected chi connectivity index (χ2v) is 9.53. The summed E-state index contributed by atoms with van der Waals surface area (Å²) in [6.07, 6.45) is -0.423. The average molecular weight is 525 g/mol. The van der Waals surface area contributed by atoms with E-state index in [4.69, 9.17) is 5.73 Å². The van der Waals surface area contributed by atoms with Gasteiger partial charge in [-0.05, 0) is 56.2 Å². The highest BCUT2D eigenvalue weighted by atomic mass is 19.4. The third kappa shape index (κ3) is 4.99. The van der Waals surface area contributed by atoms with Gasteiger partial charge in [-0.1, -0.05) is 11.3 Å². The van der Waals surface area contributed by atoms with Crippen molar-refractivity contribution in [2.45, 2.75) is 32.5 Å². The minimum atomic E-state index is -4.56. The molecule has 3 N–H and O–H groups in total. The lowest BCUT2D eigenvalue weighted by molar-refractivity contribution is -0.137. The van der Waals surface area contributed by atoms with E-state index < -0.39 is 17.6 Å². The van der Waals surface area contributed by atoms with Gasteiger partial charge in [-0.3, -0.25) is 9.48 Å². The van der Waals surface area contributed by atoms with Gasteiger partial charge in [0.25, 0.3) is 5.91 Å². The van der Waals surface area contributed by atoms with Crippen LogP contribution in [-0.4, -0.2) is 49.8 Å². The molecule has 0 saturated carbocycles. The fourth-order valence-electron chi connectivity index (χ4n) is 4.51. The van der Waals surface area contributed by atoms with Crippen molar-refractivity contribution in [3.05, 3.63) is 71.2 Å². The number of nitrogens with two attached hydrogens (primary N) is 1. The summed E-state index contributed by atoms with van der Waals surface area (Å²) in [6, 6.07) is 8.46. The van der Waals surface area contributed by atoms with Gasteiger partial charge >= 0.3 is 6.18 Å². The smallest absolute Gasteiger partial charge is 0.370 e. The molecule has 1 aliphatic rings. The van der Waals surface area contributed by atoms with Crippen LogP contribution in [-0.2, 0) is 13.2 Å². The van der Waals surface area contributed by atoms with Gasteiger partial charge in [0.2, 0.25) is 0 Å². The summed E-state index contributed by atoms with van der Waals surface area (Å²) in [7, 11) is 1.84. The lowest BCUT2D eigenvalue weighted by Gasteiger charge is -2.21. The van der Waals surface area contributed by atoms with Crippen LogP contribution in [0, 0.1) is 13.8 Å². The van der Waals surface area contributed by atoms with Crippen LogP contribution in [0.5, 0.6) is 0 Å². The molecule has 1 aliphatic heterocycles. The molecule has 1 amide bonds. The number of hydrogen-bond donors (Lipinski definition) is 2. The maximum absolute atomic E-state index is 13.6. The van der Waals surface area contributed by atoms with Gasteiger partial charge in [-0.2, -0.15) is 18.3 Å². The molecule has 198 valence electrons. The first-order chi connectivity index (χ1) is 18.0. The predicted octanol–water partition coefficient (Wildman–Crippen LogP) is 4.09. The first-order valence-corrected chi connectivity index (χ1v) is 12.1. The third-order valence-electron chi connectivity index (χ3n) is 6.82. The number of benzene rings is 2. The number of nitrogens with zero attached hydrogens (tertiary/aromatic N) is 6. The summed E-state index contributed by atoms with van der Waals surface area (Å²) in [4.78, 5) is 14.9. The second kappa shape index (κ2) is 9.60. The number of alkyl halides is 3. The molecule has 9 nitrogen and oxygen atoms in total. The van der Waals surface area contributed by atoms with Gasteiger partial charge in [-0.15, -0.1) is 5.10 Å². The maximum atomic E-state index is 13.6. The molecule has 0 spiro atoms. The number of carbonyl (C=O) groups excluding carboxylic acids is 1. The summed E-state index contributed by atoms with van der Waals surface area (Å²) in [5, 5.41) is 15.3. The molecule has 4 aromatic rings. The number of nitrogens with one attached hydrogen (secondary N) is 1. The number of anilines is 2. The Hall–Kier alpha value is -4.19. The lowest BCUT2D eigenvalue weighted by Crippen LogP contribution is -2.26. The summed E-state index contributed by atoms with van der Waals surface area (Å²) in [5.74, 6) is -0.543. The van der Waals surface area contributed by atoms with Crippen LogP contribution in [0.15, 0.2) is 48.8 Å². The lowest BCUT2D eigenvalue weighted by atomic mass is 10.1. The van der Waals surface area contributed by atoms with Gasteiger partial charge in [0.15, 0.2) is 0 Å². The molecule has 0 radical (unpaired) electrons. The van der Waals surface area contributed by atoms with Crippen molar-refractivity contribution >= 4 is 17.3 Å². The Kier molecular flexibility index (Phi) is 6.43. The Morgan fingerprint density at radius 1 is 1.16 bits per heavy atom. The molecule has 5 rings (SSSR count). The number of carbonyl (C=O) groups is 1. The van der Waals surface area contributed by atoms with E-state index in [2.05, 4.69) is 20.7 Å². The molecule has 2 aromatic heterocycles. The zero-order valence-electron chi connectivity index (χ0n) is 21.1. The van der Waals surface area contributed by atoms with E-state index in [9.17, 15) is 18.0 Å². The maximum Gasteiger partial charge on any atom is 0.416 e. The molecular weight excluding hydrogens is 497 g/mol. The predicted molar refractivity (Wildman–Crippen MR) is 137 cm³/mol. The molecule has 2 aromatic carbocycles. The molecule has 1 saturated heterocycles. The van der Waals surface area contributed by atoms with Crippen LogP contribution in [0.3, 0.4) is 0 Å². The summed E-state index contributed by atoms with van der Waals surface area (Å²) < 4.78 is 44.2. The van der Waals surface area contributed by atoms with Crippen LogP contribution < -0.4 is 16.0 Å². The molecule has 38 heavy (non-hydrogen) atoms. The van der Waals surface area contributed by atoms with Crippen LogP contribution in [0.1, 0.15) is 33.6 Å². The fourth-order valence-corrected chi connectivity index (χ4v) is 4.51. The van der Waals surface area contributed by atoms with E-state index in [0.29, 0.717) is 36.6 Å². The number of rotatable bonds is 5. The highest BCUT2D eigenvalue weighted by Crippen LogP contribution is 2.35. The van der Waals surface area contributed by atoms with Crippen molar-refractivity contribution in [1.29, 1.82) is 0 Å². The molecule has 1 unspecified atom stereocenters.